The molecular weight excluding hydrogens is 340 g/mol. The van der Waals surface area contributed by atoms with Crippen LogP contribution in [-0.4, -0.2) is 44.2 Å². The molecule has 27 heavy (non-hydrogen) atoms. The third kappa shape index (κ3) is 5.31. The number of carbonyl (C=O) groups excluding carboxylic acids is 1. The van der Waals surface area contributed by atoms with Gasteiger partial charge in [0.2, 0.25) is 0 Å². The second kappa shape index (κ2) is 9.53. The van der Waals surface area contributed by atoms with Gasteiger partial charge in [0.15, 0.2) is 0 Å². The summed E-state index contributed by atoms with van der Waals surface area (Å²) >= 11 is 0. The van der Waals surface area contributed by atoms with Gasteiger partial charge in [-0.2, -0.15) is 0 Å². The average Bonchev–Trinajstić information content (AvgIpc) is 2.73. The first-order valence-electron chi connectivity index (χ1n) is 9.53. The van der Waals surface area contributed by atoms with Crippen molar-refractivity contribution in [2.24, 2.45) is 0 Å². The summed E-state index contributed by atoms with van der Waals surface area (Å²) in [5.74, 6) is 0.770. The summed E-state index contributed by atoms with van der Waals surface area (Å²) < 4.78 is 10.6. The number of hydrogen-bond donors (Lipinski definition) is 1. The van der Waals surface area contributed by atoms with Crippen LogP contribution in [0.15, 0.2) is 48.5 Å². The van der Waals surface area contributed by atoms with E-state index in [9.17, 15) is 4.79 Å². The standard InChI is InChI=1S/C22H28N2O3/c1-3-21(18-8-10-20(26-2)11-9-18)23-22(25)19-6-4-17(5-7-19)16-24-12-14-27-15-13-24/h4-11,21H,3,12-16H2,1-2H3,(H,23,25)/t21-/m0/s1. The Morgan fingerprint density at radius 3 is 2.37 bits per heavy atom. The normalized spacial score (nSPS) is 15.9. The van der Waals surface area contributed by atoms with Crippen LogP contribution in [0.2, 0.25) is 0 Å². The van der Waals surface area contributed by atoms with E-state index >= 15 is 0 Å². The lowest BCUT2D eigenvalue weighted by Crippen LogP contribution is -2.35. The second-order valence-corrected chi connectivity index (χ2v) is 6.79. The van der Waals surface area contributed by atoms with E-state index in [-0.39, 0.29) is 11.9 Å². The fraction of sp³-hybridized carbons (Fsp3) is 0.409. The number of ether oxygens (including phenoxy) is 2. The maximum Gasteiger partial charge on any atom is 0.251 e. The van der Waals surface area contributed by atoms with Crippen LogP contribution in [0.1, 0.15) is 40.9 Å². The molecule has 1 N–H and O–H groups in total. The molecule has 1 fully saturated rings. The van der Waals surface area contributed by atoms with Gasteiger partial charge in [0.1, 0.15) is 5.75 Å². The molecule has 0 unspecified atom stereocenters. The summed E-state index contributed by atoms with van der Waals surface area (Å²) in [5, 5.41) is 3.13. The van der Waals surface area contributed by atoms with Crippen molar-refractivity contribution in [1.29, 1.82) is 0 Å². The van der Waals surface area contributed by atoms with Gasteiger partial charge in [-0.1, -0.05) is 31.2 Å². The third-order valence-electron chi connectivity index (χ3n) is 4.96. The van der Waals surface area contributed by atoms with Gasteiger partial charge in [-0.15, -0.1) is 0 Å². The largest absolute Gasteiger partial charge is 0.497 e. The van der Waals surface area contributed by atoms with E-state index in [1.54, 1.807) is 7.11 Å². The molecule has 1 aliphatic rings. The average molecular weight is 368 g/mol. The van der Waals surface area contributed by atoms with E-state index in [1.165, 1.54) is 5.56 Å². The topological polar surface area (TPSA) is 50.8 Å². The molecule has 1 atom stereocenters. The maximum absolute atomic E-state index is 12.6. The van der Waals surface area contributed by atoms with Crippen molar-refractivity contribution in [3.05, 3.63) is 65.2 Å². The predicted molar refractivity (Wildman–Crippen MR) is 106 cm³/mol. The third-order valence-corrected chi connectivity index (χ3v) is 4.96. The zero-order valence-electron chi connectivity index (χ0n) is 16.1. The molecule has 1 aliphatic heterocycles. The number of morpholine rings is 1. The molecule has 1 amide bonds. The fourth-order valence-electron chi connectivity index (χ4n) is 3.28. The number of carbonyl (C=O) groups is 1. The molecule has 0 bridgehead atoms. The molecule has 144 valence electrons. The second-order valence-electron chi connectivity index (χ2n) is 6.79. The summed E-state index contributed by atoms with van der Waals surface area (Å²) in [7, 11) is 1.65. The van der Waals surface area contributed by atoms with Crippen molar-refractivity contribution >= 4 is 5.91 Å². The highest BCUT2D eigenvalue weighted by Crippen LogP contribution is 2.21. The van der Waals surface area contributed by atoms with Gasteiger partial charge < -0.3 is 14.8 Å². The van der Waals surface area contributed by atoms with E-state index in [0.717, 1.165) is 50.6 Å². The van der Waals surface area contributed by atoms with Crippen molar-refractivity contribution in [1.82, 2.24) is 10.2 Å². The van der Waals surface area contributed by atoms with Crippen LogP contribution in [0.25, 0.3) is 0 Å². The zero-order chi connectivity index (χ0) is 19.1. The predicted octanol–water partition coefficient (Wildman–Crippen LogP) is 3.41. The first kappa shape index (κ1) is 19.4. The van der Waals surface area contributed by atoms with Gasteiger partial charge >= 0.3 is 0 Å². The minimum atomic E-state index is -0.0457. The summed E-state index contributed by atoms with van der Waals surface area (Å²) in [6.45, 7) is 6.48. The SMILES string of the molecule is CC[C@H](NC(=O)c1ccc(CN2CCOCC2)cc1)c1ccc(OC)cc1. The Labute approximate surface area is 161 Å². The number of rotatable bonds is 7. The van der Waals surface area contributed by atoms with Crippen molar-refractivity contribution < 1.29 is 14.3 Å². The Hall–Kier alpha value is -2.37. The van der Waals surface area contributed by atoms with Crippen LogP contribution in [0, 0.1) is 0 Å². The van der Waals surface area contributed by atoms with Crippen molar-refractivity contribution in [3.8, 4) is 5.75 Å². The quantitative estimate of drug-likeness (QED) is 0.814. The van der Waals surface area contributed by atoms with Gasteiger partial charge in [-0.05, 0) is 41.8 Å². The highest BCUT2D eigenvalue weighted by atomic mass is 16.5. The molecular formula is C22H28N2O3. The Morgan fingerprint density at radius 1 is 1.11 bits per heavy atom. The molecule has 0 saturated carbocycles. The summed E-state index contributed by atoms with van der Waals surface area (Å²) in [6, 6.07) is 15.7. The number of methoxy groups -OCH3 is 1. The number of amides is 1. The lowest BCUT2D eigenvalue weighted by atomic mass is 10.0. The van der Waals surface area contributed by atoms with Crippen molar-refractivity contribution in [3.63, 3.8) is 0 Å². The smallest absolute Gasteiger partial charge is 0.251 e. The summed E-state index contributed by atoms with van der Waals surface area (Å²) in [6.07, 6.45) is 0.827. The number of hydrogen-bond acceptors (Lipinski definition) is 4. The van der Waals surface area contributed by atoms with Crippen molar-refractivity contribution in [2.45, 2.75) is 25.9 Å². The van der Waals surface area contributed by atoms with Crippen molar-refractivity contribution in [2.75, 3.05) is 33.4 Å². The van der Waals surface area contributed by atoms with Crippen LogP contribution in [-0.2, 0) is 11.3 Å². The molecule has 1 heterocycles. The number of nitrogens with zero attached hydrogens (tertiary/aromatic N) is 1. The number of nitrogens with one attached hydrogen (secondary N) is 1. The summed E-state index contributed by atoms with van der Waals surface area (Å²) in [5.41, 5.74) is 2.99. The zero-order valence-corrected chi connectivity index (χ0v) is 16.1. The first-order chi connectivity index (χ1) is 13.2. The Kier molecular flexibility index (Phi) is 6.85. The molecule has 0 aromatic heterocycles. The van der Waals surface area contributed by atoms with Crippen LogP contribution in [0.4, 0.5) is 0 Å². The van der Waals surface area contributed by atoms with Gasteiger partial charge in [-0.3, -0.25) is 9.69 Å². The highest BCUT2D eigenvalue weighted by Gasteiger charge is 2.15. The molecule has 1 saturated heterocycles. The van der Waals surface area contributed by atoms with E-state index in [4.69, 9.17) is 9.47 Å². The van der Waals surface area contributed by atoms with Crippen LogP contribution in [0.3, 0.4) is 0 Å². The maximum atomic E-state index is 12.6. The highest BCUT2D eigenvalue weighted by molar-refractivity contribution is 5.94. The minimum Gasteiger partial charge on any atom is -0.497 e. The lowest BCUT2D eigenvalue weighted by molar-refractivity contribution is 0.0342. The molecule has 0 radical (unpaired) electrons. The molecule has 0 aliphatic carbocycles. The van der Waals surface area contributed by atoms with E-state index < -0.39 is 0 Å². The Morgan fingerprint density at radius 2 is 1.78 bits per heavy atom. The van der Waals surface area contributed by atoms with E-state index in [0.29, 0.717) is 5.56 Å². The van der Waals surface area contributed by atoms with Crippen LogP contribution in [0.5, 0.6) is 5.75 Å². The van der Waals surface area contributed by atoms with E-state index in [2.05, 4.69) is 17.1 Å². The van der Waals surface area contributed by atoms with Crippen LogP contribution < -0.4 is 10.1 Å². The fourth-order valence-corrected chi connectivity index (χ4v) is 3.28. The van der Waals surface area contributed by atoms with E-state index in [1.807, 2.05) is 48.5 Å². The van der Waals surface area contributed by atoms with Gasteiger partial charge in [-0.25, -0.2) is 0 Å². The molecule has 2 aromatic carbocycles. The van der Waals surface area contributed by atoms with Crippen LogP contribution >= 0.6 is 0 Å². The Bertz CT molecular complexity index is 722. The Balaban J connectivity index is 1.60. The molecule has 2 aromatic rings. The van der Waals surface area contributed by atoms with Gasteiger partial charge in [0.25, 0.3) is 5.91 Å². The van der Waals surface area contributed by atoms with Gasteiger partial charge in [0, 0.05) is 25.2 Å². The lowest BCUT2D eigenvalue weighted by Gasteiger charge is -2.26. The monoisotopic (exact) mass is 368 g/mol. The number of benzene rings is 2. The molecule has 5 nitrogen and oxygen atoms in total. The molecule has 5 heteroatoms. The molecule has 3 rings (SSSR count). The van der Waals surface area contributed by atoms with Gasteiger partial charge in [0.05, 0.1) is 26.4 Å². The molecule has 0 spiro atoms. The first-order valence-corrected chi connectivity index (χ1v) is 9.53. The minimum absolute atomic E-state index is 0.0172. The summed E-state index contributed by atoms with van der Waals surface area (Å²) in [4.78, 5) is 15.0.